The number of carbonyl (C=O) groups is 1. The first-order valence-electron chi connectivity index (χ1n) is 9.81. The van der Waals surface area contributed by atoms with Gasteiger partial charge in [0.2, 0.25) is 0 Å². The van der Waals surface area contributed by atoms with Gasteiger partial charge in [-0.2, -0.15) is 5.10 Å². The number of carbonyl (C=O) groups excluding carboxylic acids is 1. The van der Waals surface area contributed by atoms with E-state index >= 15 is 0 Å². The van der Waals surface area contributed by atoms with Gasteiger partial charge in [0.05, 0.1) is 18.5 Å². The molecule has 146 valence electrons. The number of para-hydroxylation sites is 1. The van der Waals surface area contributed by atoms with Crippen molar-refractivity contribution >= 4 is 5.91 Å². The standard InChI is InChI=1S/C21H30N4O2/c1-15(2)14-27-19-13-25(17-9-5-4-6-10-17)23-20(19)21(26)24-12-8-7-11-18(24)16(3)22/h4-6,9-10,13,15-16,18H,7-8,11-12,14,22H2,1-3H3. The number of rotatable bonds is 6. The van der Waals surface area contributed by atoms with Crippen LogP contribution in [0.15, 0.2) is 36.5 Å². The van der Waals surface area contributed by atoms with Crippen molar-refractivity contribution in [1.82, 2.24) is 14.7 Å². The highest BCUT2D eigenvalue weighted by atomic mass is 16.5. The summed E-state index contributed by atoms with van der Waals surface area (Å²) in [4.78, 5) is 15.2. The maximum absolute atomic E-state index is 13.3. The molecule has 3 rings (SSSR count). The molecule has 2 aromatic rings. The van der Waals surface area contributed by atoms with Gasteiger partial charge in [0.25, 0.3) is 5.91 Å². The highest BCUT2D eigenvalue weighted by Crippen LogP contribution is 2.26. The number of amides is 1. The second-order valence-corrected chi connectivity index (χ2v) is 7.75. The Morgan fingerprint density at radius 2 is 2.00 bits per heavy atom. The lowest BCUT2D eigenvalue weighted by atomic mass is 9.96. The van der Waals surface area contributed by atoms with Gasteiger partial charge in [-0.25, -0.2) is 4.68 Å². The van der Waals surface area contributed by atoms with Gasteiger partial charge in [-0.05, 0) is 44.2 Å². The van der Waals surface area contributed by atoms with Crippen LogP contribution < -0.4 is 10.5 Å². The smallest absolute Gasteiger partial charge is 0.278 e. The minimum atomic E-state index is -0.0922. The second-order valence-electron chi connectivity index (χ2n) is 7.75. The van der Waals surface area contributed by atoms with Crippen molar-refractivity contribution in [2.45, 2.75) is 52.1 Å². The monoisotopic (exact) mass is 370 g/mol. The number of piperidine rings is 1. The van der Waals surface area contributed by atoms with Crippen LogP contribution in [0.5, 0.6) is 5.75 Å². The second kappa shape index (κ2) is 8.57. The Labute approximate surface area is 161 Å². The Morgan fingerprint density at radius 3 is 2.67 bits per heavy atom. The van der Waals surface area contributed by atoms with E-state index in [2.05, 4.69) is 18.9 Å². The zero-order valence-corrected chi connectivity index (χ0v) is 16.5. The molecular formula is C21H30N4O2. The summed E-state index contributed by atoms with van der Waals surface area (Å²) in [6, 6.07) is 9.75. The minimum absolute atomic E-state index is 0.0473. The molecule has 2 unspecified atom stereocenters. The molecular weight excluding hydrogens is 340 g/mol. The summed E-state index contributed by atoms with van der Waals surface area (Å²) in [5.74, 6) is 0.803. The fourth-order valence-electron chi connectivity index (χ4n) is 3.47. The lowest BCUT2D eigenvalue weighted by Crippen LogP contribution is -2.51. The molecule has 1 amide bonds. The maximum atomic E-state index is 13.3. The van der Waals surface area contributed by atoms with E-state index in [1.54, 1.807) is 10.9 Å². The van der Waals surface area contributed by atoms with Crippen LogP contribution in [-0.4, -0.2) is 45.8 Å². The zero-order valence-electron chi connectivity index (χ0n) is 16.5. The molecule has 6 heteroatoms. The third kappa shape index (κ3) is 4.50. The normalized spacial score (nSPS) is 18.6. The number of aromatic nitrogens is 2. The molecule has 27 heavy (non-hydrogen) atoms. The quantitative estimate of drug-likeness (QED) is 0.847. The Morgan fingerprint density at radius 1 is 1.26 bits per heavy atom. The van der Waals surface area contributed by atoms with Crippen molar-refractivity contribution in [3.05, 3.63) is 42.2 Å². The van der Waals surface area contributed by atoms with E-state index in [1.807, 2.05) is 42.2 Å². The largest absolute Gasteiger partial charge is 0.489 e. The first kappa shape index (κ1) is 19.4. The summed E-state index contributed by atoms with van der Waals surface area (Å²) in [5.41, 5.74) is 7.42. The van der Waals surface area contributed by atoms with Crippen molar-refractivity contribution in [2.24, 2.45) is 11.7 Å². The lowest BCUT2D eigenvalue weighted by molar-refractivity contribution is 0.0572. The molecule has 1 fully saturated rings. The third-order valence-electron chi connectivity index (χ3n) is 4.89. The number of ether oxygens (including phenoxy) is 1. The molecule has 1 aromatic heterocycles. The first-order valence-corrected chi connectivity index (χ1v) is 9.81. The number of nitrogens with zero attached hydrogens (tertiary/aromatic N) is 3. The number of benzene rings is 1. The van der Waals surface area contributed by atoms with Gasteiger partial charge in [0, 0.05) is 18.6 Å². The van der Waals surface area contributed by atoms with Crippen LogP contribution in [0.2, 0.25) is 0 Å². The third-order valence-corrected chi connectivity index (χ3v) is 4.89. The van der Waals surface area contributed by atoms with Crippen molar-refractivity contribution in [1.29, 1.82) is 0 Å². The predicted octanol–water partition coefficient (Wildman–Crippen LogP) is 3.25. The molecule has 1 aromatic carbocycles. The maximum Gasteiger partial charge on any atom is 0.278 e. The van der Waals surface area contributed by atoms with E-state index in [0.29, 0.717) is 30.5 Å². The summed E-state index contributed by atoms with van der Waals surface area (Å²) < 4.78 is 7.66. The van der Waals surface area contributed by atoms with Crippen LogP contribution in [0.25, 0.3) is 5.69 Å². The summed E-state index contributed by atoms with van der Waals surface area (Å²) in [6.45, 7) is 7.39. The predicted molar refractivity (Wildman–Crippen MR) is 106 cm³/mol. The van der Waals surface area contributed by atoms with E-state index in [9.17, 15) is 4.79 Å². The van der Waals surface area contributed by atoms with E-state index in [-0.39, 0.29) is 18.0 Å². The van der Waals surface area contributed by atoms with Gasteiger partial charge in [0.1, 0.15) is 0 Å². The van der Waals surface area contributed by atoms with Crippen LogP contribution in [0.4, 0.5) is 0 Å². The van der Waals surface area contributed by atoms with Gasteiger partial charge in [0.15, 0.2) is 11.4 Å². The summed E-state index contributed by atoms with van der Waals surface area (Å²) >= 11 is 0. The number of hydrogen-bond donors (Lipinski definition) is 1. The van der Waals surface area contributed by atoms with Gasteiger partial charge in [-0.15, -0.1) is 0 Å². The summed E-state index contributed by atoms with van der Waals surface area (Å²) in [6.07, 6.45) is 4.84. The Kier molecular flexibility index (Phi) is 6.16. The SMILES string of the molecule is CC(C)COc1cn(-c2ccccc2)nc1C(=O)N1CCCCC1C(C)N. The van der Waals surface area contributed by atoms with E-state index in [1.165, 1.54) is 0 Å². The average molecular weight is 370 g/mol. The lowest BCUT2D eigenvalue weighted by Gasteiger charge is -2.37. The Hall–Kier alpha value is -2.34. The number of likely N-dealkylation sites (tertiary alicyclic amines) is 1. The fraction of sp³-hybridized carbons (Fsp3) is 0.524. The average Bonchev–Trinajstić information content (AvgIpc) is 3.10. The van der Waals surface area contributed by atoms with Gasteiger partial charge in [-0.1, -0.05) is 32.0 Å². The molecule has 0 bridgehead atoms. The van der Waals surface area contributed by atoms with E-state index in [0.717, 1.165) is 24.9 Å². The molecule has 2 heterocycles. The van der Waals surface area contributed by atoms with Crippen molar-refractivity contribution in [3.63, 3.8) is 0 Å². The van der Waals surface area contributed by atoms with Crippen molar-refractivity contribution in [2.75, 3.05) is 13.2 Å². The molecule has 1 saturated heterocycles. The first-order chi connectivity index (χ1) is 13.0. The van der Waals surface area contributed by atoms with Crippen LogP contribution in [0.3, 0.4) is 0 Å². The molecule has 2 atom stereocenters. The van der Waals surface area contributed by atoms with Crippen molar-refractivity contribution in [3.8, 4) is 11.4 Å². The molecule has 2 N–H and O–H groups in total. The van der Waals surface area contributed by atoms with Crippen LogP contribution in [0, 0.1) is 5.92 Å². The molecule has 6 nitrogen and oxygen atoms in total. The molecule has 1 aliphatic rings. The molecule has 1 aliphatic heterocycles. The van der Waals surface area contributed by atoms with Gasteiger partial charge in [-0.3, -0.25) is 4.79 Å². The summed E-state index contributed by atoms with van der Waals surface area (Å²) in [7, 11) is 0. The Bertz CT molecular complexity index is 755. The molecule has 0 spiro atoms. The van der Waals surface area contributed by atoms with Gasteiger partial charge < -0.3 is 15.4 Å². The number of nitrogens with two attached hydrogens (primary N) is 1. The minimum Gasteiger partial charge on any atom is -0.489 e. The zero-order chi connectivity index (χ0) is 19.4. The van der Waals surface area contributed by atoms with E-state index < -0.39 is 0 Å². The molecule has 0 aliphatic carbocycles. The van der Waals surface area contributed by atoms with Crippen LogP contribution in [0.1, 0.15) is 50.5 Å². The summed E-state index contributed by atoms with van der Waals surface area (Å²) in [5, 5.41) is 4.59. The highest BCUT2D eigenvalue weighted by Gasteiger charge is 2.33. The fourth-order valence-corrected chi connectivity index (χ4v) is 3.47. The number of hydrogen-bond acceptors (Lipinski definition) is 4. The van der Waals surface area contributed by atoms with Crippen LogP contribution in [-0.2, 0) is 0 Å². The van der Waals surface area contributed by atoms with Crippen molar-refractivity contribution < 1.29 is 9.53 Å². The molecule has 0 radical (unpaired) electrons. The topological polar surface area (TPSA) is 73.4 Å². The van der Waals surface area contributed by atoms with Gasteiger partial charge >= 0.3 is 0 Å². The highest BCUT2D eigenvalue weighted by molar-refractivity contribution is 5.95. The van der Waals surface area contributed by atoms with Crippen LogP contribution >= 0.6 is 0 Å². The Balaban J connectivity index is 1.94. The molecule has 0 saturated carbocycles. The van der Waals surface area contributed by atoms with E-state index in [4.69, 9.17) is 10.5 Å².